The minimum Gasteiger partial charge on any atom is -0.329 e. The molecule has 0 radical (unpaired) electrons. The zero-order valence-electron chi connectivity index (χ0n) is 15.6. The molecule has 0 saturated carbocycles. The Labute approximate surface area is 161 Å². The van der Waals surface area contributed by atoms with Crippen LogP contribution in [0.4, 0.5) is 14.6 Å². The van der Waals surface area contributed by atoms with Gasteiger partial charge in [-0.05, 0) is 30.7 Å². The van der Waals surface area contributed by atoms with E-state index in [1.165, 1.54) is 0 Å². The lowest BCUT2D eigenvalue weighted by Gasteiger charge is -2.28. The van der Waals surface area contributed by atoms with Crippen LogP contribution in [0.2, 0.25) is 0 Å². The van der Waals surface area contributed by atoms with Crippen LogP contribution in [0.15, 0.2) is 42.7 Å². The molecule has 146 valence electrons. The molecule has 1 saturated heterocycles. The van der Waals surface area contributed by atoms with Crippen molar-refractivity contribution in [1.29, 1.82) is 0 Å². The number of anilines is 1. The Morgan fingerprint density at radius 3 is 2.79 bits per heavy atom. The SMILES string of the molecule is Cc1cccnc1NC(=O)c1nc(C[NH+]2CCC(F)(F)CC2)c2ccccn12. The van der Waals surface area contributed by atoms with Gasteiger partial charge in [-0.2, -0.15) is 0 Å². The second-order valence-corrected chi connectivity index (χ2v) is 7.24. The highest BCUT2D eigenvalue weighted by molar-refractivity contribution is 6.02. The minimum atomic E-state index is -2.56. The molecule has 0 bridgehead atoms. The smallest absolute Gasteiger partial charge is 0.293 e. The quantitative estimate of drug-likeness (QED) is 0.722. The van der Waals surface area contributed by atoms with Gasteiger partial charge < -0.3 is 10.2 Å². The summed E-state index contributed by atoms with van der Waals surface area (Å²) < 4.78 is 28.6. The highest BCUT2D eigenvalue weighted by Gasteiger charge is 2.37. The van der Waals surface area contributed by atoms with Crippen molar-refractivity contribution in [2.75, 3.05) is 18.4 Å². The first kappa shape index (κ1) is 18.5. The number of aromatic nitrogens is 3. The van der Waals surface area contributed by atoms with Crippen LogP contribution in [-0.2, 0) is 6.54 Å². The Bertz CT molecular complexity index is 1010. The Kier molecular flexibility index (Phi) is 4.80. The molecule has 2 N–H and O–H groups in total. The van der Waals surface area contributed by atoms with Crippen molar-refractivity contribution >= 4 is 17.2 Å². The number of carbonyl (C=O) groups is 1. The summed E-state index contributed by atoms with van der Waals surface area (Å²) in [5.74, 6) is -2.16. The molecular formula is C20H22F2N5O+. The van der Waals surface area contributed by atoms with E-state index >= 15 is 0 Å². The summed E-state index contributed by atoms with van der Waals surface area (Å²) in [6, 6.07) is 9.27. The number of pyridine rings is 2. The highest BCUT2D eigenvalue weighted by Crippen LogP contribution is 2.23. The molecule has 4 heterocycles. The van der Waals surface area contributed by atoms with E-state index in [0.29, 0.717) is 25.5 Å². The Morgan fingerprint density at radius 2 is 2.04 bits per heavy atom. The molecule has 1 amide bonds. The van der Waals surface area contributed by atoms with Crippen LogP contribution < -0.4 is 10.2 Å². The van der Waals surface area contributed by atoms with Crippen molar-refractivity contribution in [1.82, 2.24) is 14.4 Å². The fourth-order valence-corrected chi connectivity index (χ4v) is 3.56. The van der Waals surface area contributed by atoms with Gasteiger partial charge in [-0.3, -0.25) is 9.20 Å². The number of nitrogens with one attached hydrogen (secondary N) is 2. The summed E-state index contributed by atoms with van der Waals surface area (Å²) in [7, 11) is 0. The first-order valence-electron chi connectivity index (χ1n) is 9.33. The maximum Gasteiger partial charge on any atom is 0.293 e. The number of imidazole rings is 1. The van der Waals surface area contributed by atoms with Crippen molar-refractivity contribution < 1.29 is 18.5 Å². The maximum absolute atomic E-state index is 13.4. The second kappa shape index (κ2) is 7.27. The number of fused-ring (bicyclic) bond motifs is 1. The van der Waals surface area contributed by atoms with E-state index in [1.807, 2.05) is 31.2 Å². The summed E-state index contributed by atoms with van der Waals surface area (Å²) in [6.45, 7) is 3.17. The molecular weight excluding hydrogens is 364 g/mol. The van der Waals surface area contributed by atoms with Gasteiger partial charge >= 0.3 is 0 Å². The number of alkyl halides is 2. The molecule has 0 aromatic carbocycles. The van der Waals surface area contributed by atoms with Gasteiger partial charge in [0.25, 0.3) is 11.8 Å². The van der Waals surface area contributed by atoms with E-state index in [0.717, 1.165) is 21.7 Å². The first-order chi connectivity index (χ1) is 13.4. The van der Waals surface area contributed by atoms with Crippen LogP contribution in [0.1, 0.15) is 34.7 Å². The minimum absolute atomic E-state index is 0.111. The lowest BCUT2D eigenvalue weighted by atomic mass is 10.1. The molecule has 3 aromatic rings. The predicted octanol–water partition coefficient (Wildman–Crippen LogP) is 2.10. The summed E-state index contributed by atoms with van der Waals surface area (Å²) in [5, 5.41) is 2.81. The molecule has 0 spiro atoms. The fraction of sp³-hybridized carbons (Fsp3) is 0.350. The molecule has 0 atom stereocenters. The number of hydrogen-bond acceptors (Lipinski definition) is 3. The van der Waals surface area contributed by atoms with Crippen molar-refractivity contribution in [3.05, 3.63) is 59.8 Å². The lowest BCUT2D eigenvalue weighted by Crippen LogP contribution is -3.12. The van der Waals surface area contributed by atoms with E-state index in [-0.39, 0.29) is 24.6 Å². The van der Waals surface area contributed by atoms with Gasteiger partial charge in [-0.15, -0.1) is 0 Å². The molecule has 0 unspecified atom stereocenters. The molecule has 28 heavy (non-hydrogen) atoms. The topological polar surface area (TPSA) is 63.7 Å². The maximum atomic E-state index is 13.4. The van der Waals surface area contributed by atoms with Gasteiger partial charge in [-0.25, -0.2) is 18.7 Å². The number of amides is 1. The van der Waals surface area contributed by atoms with E-state index in [2.05, 4.69) is 15.3 Å². The van der Waals surface area contributed by atoms with Crippen molar-refractivity contribution in [2.45, 2.75) is 32.2 Å². The van der Waals surface area contributed by atoms with Gasteiger partial charge in [0.05, 0.1) is 31.4 Å². The van der Waals surface area contributed by atoms with E-state index in [1.54, 1.807) is 22.9 Å². The largest absolute Gasteiger partial charge is 0.329 e. The molecule has 1 aliphatic rings. The molecule has 8 heteroatoms. The van der Waals surface area contributed by atoms with E-state index < -0.39 is 5.92 Å². The van der Waals surface area contributed by atoms with Crippen LogP contribution >= 0.6 is 0 Å². The van der Waals surface area contributed by atoms with Gasteiger partial charge in [0.15, 0.2) is 0 Å². The molecule has 1 fully saturated rings. The molecule has 0 aliphatic carbocycles. The molecule has 6 nitrogen and oxygen atoms in total. The van der Waals surface area contributed by atoms with Gasteiger partial charge in [-0.1, -0.05) is 12.1 Å². The first-order valence-corrected chi connectivity index (χ1v) is 9.33. The number of hydrogen-bond donors (Lipinski definition) is 2. The standard InChI is InChI=1S/C20H21F2N5O/c1-14-5-4-9-23-17(14)25-19(28)18-24-15(16-6-2-3-10-27(16)18)13-26-11-7-20(21,22)8-12-26/h2-6,9-10H,7-8,11-13H2,1H3,(H,23,25,28)/p+1. The average Bonchev–Trinajstić information content (AvgIpc) is 3.04. The normalized spacial score (nSPS) is 17.0. The zero-order valence-corrected chi connectivity index (χ0v) is 15.6. The van der Waals surface area contributed by atoms with E-state index in [4.69, 9.17) is 0 Å². The van der Waals surface area contributed by atoms with Gasteiger partial charge in [0.2, 0.25) is 5.82 Å². The zero-order chi connectivity index (χ0) is 19.7. The number of halogens is 2. The van der Waals surface area contributed by atoms with Gasteiger partial charge in [0, 0.05) is 12.4 Å². The Hall–Kier alpha value is -2.87. The number of aryl methyl sites for hydroxylation is 1. The summed E-state index contributed by atoms with van der Waals surface area (Å²) in [5.41, 5.74) is 2.41. The van der Waals surface area contributed by atoms with Crippen molar-refractivity contribution in [3.63, 3.8) is 0 Å². The number of likely N-dealkylation sites (tertiary alicyclic amines) is 1. The molecule has 3 aromatic heterocycles. The number of piperidine rings is 1. The predicted molar refractivity (Wildman–Crippen MR) is 101 cm³/mol. The van der Waals surface area contributed by atoms with Gasteiger partial charge in [0.1, 0.15) is 18.1 Å². The third-order valence-electron chi connectivity index (χ3n) is 5.18. The Morgan fingerprint density at radius 1 is 1.25 bits per heavy atom. The monoisotopic (exact) mass is 386 g/mol. The number of rotatable bonds is 4. The fourth-order valence-electron chi connectivity index (χ4n) is 3.56. The molecule has 1 aliphatic heterocycles. The molecule has 4 rings (SSSR count). The van der Waals surface area contributed by atoms with Crippen molar-refractivity contribution in [2.24, 2.45) is 0 Å². The summed E-state index contributed by atoms with van der Waals surface area (Å²) >= 11 is 0. The van der Waals surface area contributed by atoms with Crippen LogP contribution in [0.5, 0.6) is 0 Å². The Balaban J connectivity index is 1.60. The second-order valence-electron chi connectivity index (χ2n) is 7.24. The third-order valence-corrected chi connectivity index (χ3v) is 5.18. The van der Waals surface area contributed by atoms with Crippen LogP contribution in [0.3, 0.4) is 0 Å². The highest BCUT2D eigenvalue weighted by atomic mass is 19.3. The van der Waals surface area contributed by atoms with Crippen molar-refractivity contribution in [3.8, 4) is 0 Å². The lowest BCUT2D eigenvalue weighted by molar-refractivity contribution is -0.921. The third kappa shape index (κ3) is 3.73. The van der Waals surface area contributed by atoms with Crippen LogP contribution in [-0.4, -0.2) is 39.3 Å². The summed E-state index contributed by atoms with van der Waals surface area (Å²) in [6.07, 6.45) is 3.18. The average molecular weight is 386 g/mol. The number of nitrogens with zero attached hydrogens (tertiary/aromatic N) is 3. The van der Waals surface area contributed by atoms with Crippen LogP contribution in [0.25, 0.3) is 5.52 Å². The van der Waals surface area contributed by atoms with Crippen LogP contribution in [0, 0.1) is 6.92 Å². The number of carbonyl (C=O) groups excluding carboxylic acids is 1. The number of quaternary nitrogens is 1. The van der Waals surface area contributed by atoms with E-state index in [9.17, 15) is 13.6 Å². The summed E-state index contributed by atoms with van der Waals surface area (Å²) in [4.78, 5) is 22.6.